The number of nitrogens with one attached hydrogen (secondary N) is 1. The summed E-state index contributed by atoms with van der Waals surface area (Å²) in [4.78, 5) is 38.1. The number of carboxylic acid groups (broad SMARTS) is 1. The lowest BCUT2D eigenvalue weighted by Crippen LogP contribution is -2.60. The minimum atomic E-state index is -1.54. The summed E-state index contributed by atoms with van der Waals surface area (Å²) in [7, 11) is 1.45. The molecule has 2 saturated heterocycles. The van der Waals surface area contributed by atoms with Crippen molar-refractivity contribution in [2.24, 2.45) is 11.7 Å². The molecule has 2 unspecified atom stereocenters. The number of carbonyl (C=O) groups is 3. The van der Waals surface area contributed by atoms with Gasteiger partial charge in [-0.1, -0.05) is 11.8 Å². The van der Waals surface area contributed by atoms with Gasteiger partial charge in [0.1, 0.15) is 28.1 Å². The van der Waals surface area contributed by atoms with Crippen LogP contribution in [0.4, 0.5) is 4.79 Å². The summed E-state index contributed by atoms with van der Waals surface area (Å²) in [6.45, 7) is 1.88. The second-order valence-corrected chi connectivity index (χ2v) is 9.57. The molecule has 0 aromatic rings. The van der Waals surface area contributed by atoms with Gasteiger partial charge in [0.15, 0.2) is 0 Å². The molecular formula is C16H22N4O7S2. The number of amidine groups is 1. The fourth-order valence-electron chi connectivity index (χ4n) is 3.60. The molecule has 160 valence electrons. The van der Waals surface area contributed by atoms with Gasteiger partial charge in [-0.05, 0) is 13.3 Å². The number of nitrogens with zero attached hydrogens (tertiary/aromatic N) is 2. The Balaban J connectivity index is 1.78. The Morgan fingerprint density at radius 2 is 2.17 bits per heavy atom. The third-order valence-electron chi connectivity index (χ3n) is 4.90. The molecule has 0 radical (unpaired) electrons. The zero-order valence-corrected chi connectivity index (χ0v) is 17.4. The third kappa shape index (κ3) is 4.04. The summed E-state index contributed by atoms with van der Waals surface area (Å²) in [5.41, 5.74) is 5.48. The fourth-order valence-corrected chi connectivity index (χ4v) is 6.84. The van der Waals surface area contributed by atoms with Gasteiger partial charge in [0.25, 0.3) is 0 Å². The van der Waals surface area contributed by atoms with Gasteiger partial charge in [0, 0.05) is 18.9 Å². The number of carbonyl (C=O) groups excluding carboxylic acids is 2. The highest BCUT2D eigenvalue weighted by atomic mass is 32.2. The van der Waals surface area contributed by atoms with Crippen LogP contribution in [0.3, 0.4) is 0 Å². The van der Waals surface area contributed by atoms with Crippen molar-refractivity contribution in [3.8, 4) is 0 Å². The predicted molar refractivity (Wildman–Crippen MR) is 105 cm³/mol. The van der Waals surface area contributed by atoms with Gasteiger partial charge in [0.05, 0.1) is 12.0 Å². The number of fused-ring (bicyclic) bond motifs is 1. The van der Waals surface area contributed by atoms with Crippen LogP contribution in [0.5, 0.6) is 0 Å². The molecule has 29 heavy (non-hydrogen) atoms. The first-order valence-corrected chi connectivity index (χ1v) is 10.5. The number of hydrogen-bond acceptors (Lipinski definition) is 9. The average Bonchev–Trinajstić information content (AvgIpc) is 3.15. The van der Waals surface area contributed by atoms with E-state index in [9.17, 15) is 19.5 Å². The first kappa shape index (κ1) is 21.7. The van der Waals surface area contributed by atoms with E-state index in [0.717, 1.165) is 0 Å². The first-order valence-electron chi connectivity index (χ1n) is 8.77. The number of rotatable bonds is 7. The number of aliphatic hydroxyl groups is 1. The van der Waals surface area contributed by atoms with Crippen molar-refractivity contribution in [1.82, 2.24) is 9.80 Å². The molecule has 0 saturated carbocycles. The van der Waals surface area contributed by atoms with Gasteiger partial charge in [-0.2, -0.15) is 0 Å². The number of ether oxygens (including phenoxy) is 2. The van der Waals surface area contributed by atoms with Crippen LogP contribution in [0, 0.1) is 11.3 Å². The van der Waals surface area contributed by atoms with Crippen LogP contribution in [0.25, 0.3) is 0 Å². The minimum Gasteiger partial charge on any atom is -0.449 e. The molecule has 13 heteroatoms. The van der Waals surface area contributed by atoms with Crippen LogP contribution in [0.2, 0.25) is 0 Å². The Hall–Kier alpha value is -1.96. The lowest BCUT2D eigenvalue weighted by atomic mass is 9.93. The Kier molecular flexibility index (Phi) is 6.31. The van der Waals surface area contributed by atoms with Crippen molar-refractivity contribution in [2.75, 3.05) is 20.3 Å². The molecule has 2 amide bonds. The van der Waals surface area contributed by atoms with E-state index in [0.29, 0.717) is 17.2 Å². The molecule has 3 rings (SSSR count). The summed E-state index contributed by atoms with van der Waals surface area (Å²) < 4.78 is 10.3. The topological polar surface area (TPSA) is 166 Å². The van der Waals surface area contributed by atoms with Gasteiger partial charge in [-0.25, -0.2) is 4.79 Å². The summed E-state index contributed by atoms with van der Waals surface area (Å²) in [5, 5.41) is 26.3. The summed E-state index contributed by atoms with van der Waals surface area (Å²) in [5.74, 6) is -1.53. The summed E-state index contributed by atoms with van der Waals surface area (Å²) in [6, 6.07) is -0.671. The standard InChI is InChI=1S/C16H22N4O7S2/c1-6(21)10-12(23)20-13(27-16(24)25)15(29-14(10)20)28-7-3-8(11(18)22)19(4-7)9(17)5-26-2/h6-8,10,14,17,21H,3-5H2,1-2H3,(H2,18,22)(H,24,25)/t6-,7?,8?,10+,14-/m1/s1. The first-order chi connectivity index (χ1) is 13.6. The quantitative estimate of drug-likeness (QED) is 0.181. The monoisotopic (exact) mass is 446 g/mol. The molecule has 5 N–H and O–H groups in total. The molecule has 3 aliphatic rings. The van der Waals surface area contributed by atoms with Crippen LogP contribution >= 0.6 is 23.5 Å². The minimum absolute atomic E-state index is 0.0341. The number of methoxy groups -OCH3 is 1. The number of nitrogens with two attached hydrogens (primary N) is 1. The largest absolute Gasteiger partial charge is 0.512 e. The van der Waals surface area contributed by atoms with Crippen molar-refractivity contribution in [3.05, 3.63) is 10.1 Å². The number of thioether (sulfide) groups is 2. The van der Waals surface area contributed by atoms with Crippen molar-refractivity contribution in [1.29, 1.82) is 5.41 Å². The van der Waals surface area contributed by atoms with Crippen molar-refractivity contribution in [3.63, 3.8) is 0 Å². The van der Waals surface area contributed by atoms with Crippen LogP contribution in [-0.4, -0.2) is 86.8 Å². The molecule has 3 aliphatic heterocycles. The predicted octanol–water partition coefficient (Wildman–Crippen LogP) is 0.00477. The second kappa shape index (κ2) is 8.42. The Bertz CT molecular complexity index is 774. The molecule has 11 nitrogen and oxygen atoms in total. The van der Waals surface area contributed by atoms with E-state index in [1.165, 1.54) is 42.5 Å². The van der Waals surface area contributed by atoms with Crippen molar-refractivity contribution >= 4 is 47.3 Å². The highest BCUT2D eigenvalue weighted by Crippen LogP contribution is 2.55. The number of amides is 2. The Labute approximate surface area is 175 Å². The second-order valence-electron chi connectivity index (χ2n) is 6.87. The number of aliphatic hydroxyl groups excluding tert-OH is 1. The smallest absolute Gasteiger partial charge is 0.449 e. The highest BCUT2D eigenvalue weighted by molar-refractivity contribution is 8.23. The van der Waals surface area contributed by atoms with Crippen molar-refractivity contribution in [2.45, 2.75) is 36.1 Å². The van der Waals surface area contributed by atoms with E-state index >= 15 is 0 Å². The fraction of sp³-hybridized carbons (Fsp3) is 0.625. The maximum absolute atomic E-state index is 12.3. The summed E-state index contributed by atoms with van der Waals surface area (Å²) in [6.07, 6.45) is -2.06. The Morgan fingerprint density at radius 1 is 1.48 bits per heavy atom. The summed E-state index contributed by atoms with van der Waals surface area (Å²) >= 11 is 2.53. The Morgan fingerprint density at radius 3 is 2.72 bits per heavy atom. The van der Waals surface area contributed by atoms with Gasteiger partial charge >= 0.3 is 6.16 Å². The van der Waals surface area contributed by atoms with E-state index < -0.39 is 41.4 Å². The van der Waals surface area contributed by atoms with Gasteiger partial charge < -0.3 is 30.3 Å². The lowest BCUT2D eigenvalue weighted by molar-refractivity contribution is -0.155. The zero-order chi connectivity index (χ0) is 21.5. The van der Waals surface area contributed by atoms with Crippen LogP contribution in [-0.2, 0) is 19.1 Å². The van der Waals surface area contributed by atoms with Crippen molar-refractivity contribution < 1.29 is 34.1 Å². The van der Waals surface area contributed by atoms with E-state index in [1.807, 2.05) is 0 Å². The van der Waals surface area contributed by atoms with Crippen LogP contribution < -0.4 is 5.73 Å². The van der Waals surface area contributed by atoms with E-state index in [-0.39, 0.29) is 23.6 Å². The van der Waals surface area contributed by atoms with Gasteiger partial charge in [0.2, 0.25) is 17.7 Å². The van der Waals surface area contributed by atoms with Crippen LogP contribution in [0.15, 0.2) is 10.1 Å². The lowest BCUT2D eigenvalue weighted by Gasteiger charge is -2.43. The van der Waals surface area contributed by atoms with E-state index in [1.54, 1.807) is 4.90 Å². The van der Waals surface area contributed by atoms with Crippen LogP contribution in [0.1, 0.15) is 13.3 Å². The third-order valence-corrected chi connectivity index (χ3v) is 7.68. The number of primary amides is 1. The van der Waals surface area contributed by atoms with Gasteiger partial charge in [-0.15, -0.1) is 11.8 Å². The molecule has 3 heterocycles. The van der Waals surface area contributed by atoms with Gasteiger partial charge in [-0.3, -0.25) is 19.9 Å². The molecule has 5 atom stereocenters. The number of β-lactam (4-membered cyclic amide) rings is 1. The SMILES string of the molecule is COCC(=N)N1CC(SC2=C(OC(=O)O)N3C(=O)[C@H]([C@@H](C)O)[C@H]3S2)CC1C(N)=O. The number of likely N-dealkylation sites (tertiary alicyclic amines) is 1. The normalized spacial score (nSPS) is 29.6. The maximum Gasteiger partial charge on any atom is 0.512 e. The van der Waals surface area contributed by atoms with E-state index in [2.05, 4.69) is 0 Å². The molecule has 0 aliphatic carbocycles. The molecular weight excluding hydrogens is 424 g/mol. The molecule has 2 fully saturated rings. The number of hydrogen-bond donors (Lipinski definition) is 4. The molecule has 0 aromatic carbocycles. The molecule has 0 spiro atoms. The molecule has 0 aromatic heterocycles. The highest BCUT2D eigenvalue weighted by Gasteiger charge is 2.58. The zero-order valence-electron chi connectivity index (χ0n) is 15.7. The maximum atomic E-state index is 12.3. The van der Waals surface area contributed by atoms with E-state index in [4.69, 9.17) is 25.7 Å². The average molecular weight is 447 g/mol. The molecule has 0 bridgehead atoms.